The lowest BCUT2D eigenvalue weighted by Crippen LogP contribution is -2.23. The minimum atomic E-state index is -3.76. The number of furan rings is 1. The van der Waals surface area contributed by atoms with Gasteiger partial charge in [0, 0.05) is 16.9 Å². The average Bonchev–Trinajstić information content (AvgIpc) is 3.30. The number of rotatable bonds is 9. The zero-order valence-electron chi connectivity index (χ0n) is 18.2. The lowest BCUT2D eigenvalue weighted by atomic mass is 10.2. The first-order valence-corrected chi connectivity index (χ1v) is 11.7. The molecule has 0 spiro atoms. The largest absolute Gasteiger partial charge is 0.468 e. The second-order valence-electron chi connectivity index (χ2n) is 7.58. The molecule has 0 unspecified atom stereocenters. The van der Waals surface area contributed by atoms with Gasteiger partial charge in [0.25, 0.3) is 5.91 Å². The first-order valence-electron chi connectivity index (χ1n) is 10.2. The number of amides is 2. The molecule has 174 valence electrons. The van der Waals surface area contributed by atoms with Gasteiger partial charge in [0.15, 0.2) is 0 Å². The van der Waals surface area contributed by atoms with Gasteiger partial charge in [0.2, 0.25) is 10.0 Å². The smallest absolute Gasteiger partial charge is 0.411 e. The zero-order valence-corrected chi connectivity index (χ0v) is 19.0. The summed E-state index contributed by atoms with van der Waals surface area (Å²) in [7, 11) is -3.76. The minimum Gasteiger partial charge on any atom is -0.468 e. The molecule has 1 aromatic heterocycles. The van der Waals surface area contributed by atoms with Crippen LogP contribution in [0.2, 0.25) is 0 Å². The van der Waals surface area contributed by atoms with E-state index in [1.807, 2.05) is 13.8 Å². The average molecular weight is 472 g/mol. The van der Waals surface area contributed by atoms with Crippen LogP contribution in [0, 0.1) is 5.92 Å². The number of anilines is 2. The molecule has 33 heavy (non-hydrogen) atoms. The molecule has 2 amide bonds. The van der Waals surface area contributed by atoms with Gasteiger partial charge in [-0.15, -0.1) is 0 Å². The number of ether oxygens (including phenoxy) is 1. The van der Waals surface area contributed by atoms with Crippen molar-refractivity contribution < 1.29 is 27.2 Å². The molecule has 3 aromatic rings. The van der Waals surface area contributed by atoms with Gasteiger partial charge in [-0.1, -0.05) is 19.9 Å². The summed E-state index contributed by atoms with van der Waals surface area (Å²) in [4.78, 5) is 24.4. The van der Waals surface area contributed by atoms with Crippen LogP contribution in [0.1, 0.15) is 30.0 Å². The zero-order chi connectivity index (χ0) is 23.8. The third kappa shape index (κ3) is 7.19. The first kappa shape index (κ1) is 24.0. The molecule has 0 atom stereocenters. The van der Waals surface area contributed by atoms with Gasteiger partial charge in [-0.3, -0.25) is 10.1 Å². The second kappa shape index (κ2) is 10.8. The van der Waals surface area contributed by atoms with Crippen molar-refractivity contribution in [1.29, 1.82) is 0 Å². The van der Waals surface area contributed by atoms with Crippen molar-refractivity contribution in [1.82, 2.24) is 4.72 Å². The van der Waals surface area contributed by atoms with Crippen LogP contribution in [0.5, 0.6) is 0 Å². The normalized spacial score (nSPS) is 11.2. The molecule has 0 fully saturated rings. The number of carbonyl (C=O) groups excluding carboxylic acids is 2. The van der Waals surface area contributed by atoms with Crippen LogP contribution >= 0.6 is 0 Å². The van der Waals surface area contributed by atoms with Crippen LogP contribution in [0.4, 0.5) is 16.2 Å². The van der Waals surface area contributed by atoms with E-state index in [1.54, 1.807) is 36.4 Å². The van der Waals surface area contributed by atoms with Crippen molar-refractivity contribution in [3.05, 3.63) is 78.3 Å². The van der Waals surface area contributed by atoms with Gasteiger partial charge in [0.1, 0.15) is 5.76 Å². The van der Waals surface area contributed by atoms with E-state index in [4.69, 9.17) is 9.15 Å². The fourth-order valence-corrected chi connectivity index (χ4v) is 3.72. The first-order chi connectivity index (χ1) is 15.7. The van der Waals surface area contributed by atoms with Crippen molar-refractivity contribution >= 4 is 33.4 Å². The maximum atomic E-state index is 12.6. The molecule has 2 aromatic carbocycles. The second-order valence-corrected chi connectivity index (χ2v) is 9.35. The Bertz CT molecular complexity index is 1190. The van der Waals surface area contributed by atoms with E-state index in [9.17, 15) is 18.0 Å². The molecule has 10 heteroatoms. The quantitative estimate of drug-likeness (QED) is 0.429. The van der Waals surface area contributed by atoms with Crippen molar-refractivity contribution in [3.63, 3.8) is 0 Å². The molecule has 0 aliphatic rings. The molecule has 0 bridgehead atoms. The summed E-state index contributed by atoms with van der Waals surface area (Å²) >= 11 is 0. The van der Waals surface area contributed by atoms with Crippen molar-refractivity contribution in [2.45, 2.75) is 25.3 Å². The Morgan fingerprint density at radius 3 is 2.30 bits per heavy atom. The number of carbonyl (C=O) groups is 2. The predicted molar refractivity (Wildman–Crippen MR) is 123 cm³/mol. The third-order valence-electron chi connectivity index (χ3n) is 4.36. The van der Waals surface area contributed by atoms with Gasteiger partial charge >= 0.3 is 6.09 Å². The molecule has 0 saturated heterocycles. The highest BCUT2D eigenvalue weighted by molar-refractivity contribution is 7.89. The number of nitrogens with one attached hydrogen (secondary N) is 3. The maximum Gasteiger partial charge on any atom is 0.411 e. The van der Waals surface area contributed by atoms with Crippen LogP contribution < -0.4 is 15.4 Å². The van der Waals surface area contributed by atoms with Gasteiger partial charge in [-0.2, -0.15) is 0 Å². The lowest BCUT2D eigenvalue weighted by Gasteiger charge is -2.11. The highest BCUT2D eigenvalue weighted by Crippen LogP contribution is 2.18. The Hall–Kier alpha value is -3.63. The third-order valence-corrected chi connectivity index (χ3v) is 5.78. The molecule has 0 saturated carbocycles. The van der Waals surface area contributed by atoms with Crippen LogP contribution in [-0.4, -0.2) is 27.0 Å². The summed E-state index contributed by atoms with van der Waals surface area (Å²) in [6.07, 6.45) is 0.881. The number of hydrogen-bond donors (Lipinski definition) is 3. The lowest BCUT2D eigenvalue weighted by molar-refractivity contribution is 0.102. The Kier molecular flexibility index (Phi) is 7.86. The van der Waals surface area contributed by atoms with E-state index < -0.39 is 22.0 Å². The van der Waals surface area contributed by atoms with Crippen LogP contribution in [-0.2, 0) is 21.3 Å². The Labute approximate surface area is 192 Å². The topological polar surface area (TPSA) is 127 Å². The Morgan fingerprint density at radius 2 is 1.67 bits per heavy atom. The monoisotopic (exact) mass is 471 g/mol. The van der Waals surface area contributed by atoms with Crippen molar-refractivity contribution in [2.75, 3.05) is 17.2 Å². The van der Waals surface area contributed by atoms with Crippen LogP contribution in [0.15, 0.2) is 76.2 Å². The molecule has 0 aliphatic carbocycles. The van der Waals surface area contributed by atoms with Crippen LogP contribution in [0.25, 0.3) is 0 Å². The SMILES string of the molecule is CC(C)COC(=O)Nc1cccc(NC(=O)c2ccc(S(=O)(=O)NCc3ccco3)cc2)c1. The van der Waals surface area contributed by atoms with Gasteiger partial charge in [-0.05, 0) is 60.5 Å². The van der Waals surface area contributed by atoms with Crippen molar-refractivity contribution in [2.24, 2.45) is 5.92 Å². The highest BCUT2D eigenvalue weighted by atomic mass is 32.2. The Morgan fingerprint density at radius 1 is 0.970 bits per heavy atom. The molecule has 0 radical (unpaired) electrons. The molecular formula is C23H25N3O6S. The molecule has 0 aliphatic heterocycles. The van der Waals surface area contributed by atoms with E-state index >= 15 is 0 Å². The summed E-state index contributed by atoms with van der Waals surface area (Å²) < 4.78 is 37.4. The number of benzene rings is 2. The summed E-state index contributed by atoms with van der Waals surface area (Å²) in [5.74, 6) is 0.274. The summed E-state index contributed by atoms with van der Waals surface area (Å²) in [5, 5.41) is 5.32. The summed E-state index contributed by atoms with van der Waals surface area (Å²) in [6, 6.07) is 15.5. The molecule has 3 N–H and O–H groups in total. The number of sulfonamides is 1. The molecule has 9 nitrogen and oxygen atoms in total. The van der Waals surface area contributed by atoms with Gasteiger partial charge < -0.3 is 14.5 Å². The van der Waals surface area contributed by atoms with E-state index in [1.165, 1.54) is 30.5 Å². The fourth-order valence-electron chi connectivity index (χ4n) is 2.72. The molecule has 1 heterocycles. The molecular weight excluding hydrogens is 446 g/mol. The minimum absolute atomic E-state index is 0.0208. The number of hydrogen-bond acceptors (Lipinski definition) is 6. The van der Waals surface area contributed by atoms with E-state index in [2.05, 4.69) is 15.4 Å². The summed E-state index contributed by atoms with van der Waals surface area (Å²) in [6.45, 7) is 4.19. The summed E-state index contributed by atoms with van der Waals surface area (Å²) in [5.41, 5.74) is 1.19. The Balaban J connectivity index is 1.59. The van der Waals surface area contributed by atoms with Crippen molar-refractivity contribution in [3.8, 4) is 0 Å². The maximum absolute atomic E-state index is 12.6. The van der Waals surface area contributed by atoms with Crippen LogP contribution in [0.3, 0.4) is 0 Å². The van der Waals surface area contributed by atoms with Gasteiger partial charge in [0.05, 0.1) is 24.3 Å². The van der Waals surface area contributed by atoms with Gasteiger partial charge in [-0.25, -0.2) is 17.9 Å². The van der Waals surface area contributed by atoms with E-state index in [-0.39, 0.29) is 22.9 Å². The fraction of sp³-hybridized carbons (Fsp3) is 0.217. The van der Waals surface area contributed by atoms with E-state index in [0.717, 1.165) is 0 Å². The van der Waals surface area contributed by atoms with E-state index in [0.29, 0.717) is 23.7 Å². The molecule has 3 rings (SSSR count). The predicted octanol–water partition coefficient (Wildman–Crippen LogP) is 4.21. The standard InChI is InChI=1S/C23H25N3O6S/c1-16(2)15-32-23(28)26-19-6-3-5-18(13-19)25-22(27)17-8-10-21(11-9-17)33(29,30)24-14-20-7-4-12-31-20/h3-13,16,24H,14-15H2,1-2H3,(H,25,27)(H,26,28). The highest BCUT2D eigenvalue weighted by Gasteiger charge is 2.16.